The van der Waals surface area contributed by atoms with Crippen molar-refractivity contribution in [2.75, 3.05) is 49.5 Å². The van der Waals surface area contributed by atoms with Crippen molar-refractivity contribution in [1.29, 1.82) is 5.26 Å². The molecule has 6 rings (SSSR count). The van der Waals surface area contributed by atoms with Gasteiger partial charge in [-0.2, -0.15) is 31.6 Å². The van der Waals surface area contributed by atoms with Crippen LogP contribution in [0.2, 0.25) is 0 Å². The molecule has 3 heterocycles. The zero-order chi connectivity index (χ0) is 42.2. The number of benzene rings is 2. The number of nitrogens with zero attached hydrogens (tertiary/aromatic N) is 5. The number of thiocarbonyl (C=S) groups is 1. The maximum absolute atomic E-state index is 14.2. The third-order valence-electron chi connectivity index (χ3n) is 11.4. The summed E-state index contributed by atoms with van der Waals surface area (Å²) in [5, 5.41) is 24.0. The number of amides is 3. The summed E-state index contributed by atoms with van der Waals surface area (Å²) in [6.45, 7) is 3.23. The van der Waals surface area contributed by atoms with Gasteiger partial charge in [-0.15, -0.1) is 0 Å². The second-order valence-corrected chi connectivity index (χ2v) is 16.0. The van der Waals surface area contributed by atoms with E-state index in [9.17, 15) is 51.1 Å². The van der Waals surface area contributed by atoms with Crippen LogP contribution >= 0.6 is 12.2 Å². The number of ether oxygens (including phenoxy) is 1. The number of piperidine rings is 1. The molecule has 2 unspecified atom stereocenters. The highest BCUT2D eigenvalue weighted by Crippen LogP contribution is 2.41. The Morgan fingerprint density at radius 2 is 1.71 bits per heavy atom. The lowest BCUT2D eigenvalue weighted by molar-refractivity contribution is -0.197. The lowest BCUT2D eigenvalue weighted by Crippen LogP contribution is -2.60. The number of piperazine rings is 1. The summed E-state index contributed by atoms with van der Waals surface area (Å²) in [5.41, 5.74) is -1.89. The maximum Gasteiger partial charge on any atom is 0.417 e. The molecule has 12 nitrogen and oxygen atoms in total. The van der Waals surface area contributed by atoms with Crippen LogP contribution in [0.5, 0.6) is 0 Å². The van der Waals surface area contributed by atoms with Gasteiger partial charge in [0.25, 0.3) is 5.91 Å². The van der Waals surface area contributed by atoms with Crippen LogP contribution in [0.15, 0.2) is 42.5 Å². The molecule has 3 amide bonds. The molecule has 3 N–H and O–H groups in total. The van der Waals surface area contributed by atoms with E-state index < -0.39 is 65.6 Å². The summed E-state index contributed by atoms with van der Waals surface area (Å²) in [6, 6.07) is 9.02. The quantitative estimate of drug-likeness (QED) is 0.218. The van der Waals surface area contributed by atoms with Crippen LogP contribution in [-0.4, -0.2) is 118 Å². The van der Waals surface area contributed by atoms with Crippen LogP contribution < -0.4 is 15.5 Å². The number of halogens is 6. The van der Waals surface area contributed by atoms with E-state index in [0.717, 1.165) is 21.9 Å². The first-order valence-corrected chi connectivity index (χ1v) is 19.5. The average molecular weight is 838 g/mol. The van der Waals surface area contributed by atoms with Gasteiger partial charge in [-0.25, -0.2) is 0 Å². The number of carbonyl (C=O) groups is 3. The molecule has 58 heavy (non-hydrogen) atoms. The monoisotopic (exact) mass is 837 g/mol. The Bertz CT molecular complexity index is 1920. The largest absolute Gasteiger partial charge is 0.417 e. The van der Waals surface area contributed by atoms with E-state index >= 15 is 0 Å². The topological polar surface area (TPSA) is 141 Å². The first kappa shape index (κ1) is 43.2. The maximum atomic E-state index is 14.2. The average Bonchev–Trinajstić information content (AvgIpc) is 3.33. The van der Waals surface area contributed by atoms with Crippen molar-refractivity contribution in [2.45, 2.75) is 101 Å². The van der Waals surface area contributed by atoms with Gasteiger partial charge in [-0.3, -0.25) is 29.1 Å². The summed E-state index contributed by atoms with van der Waals surface area (Å²) in [5.74, 6) is -1.85. The zero-order valence-corrected chi connectivity index (χ0v) is 32.7. The molecule has 3 atom stereocenters. The number of hydrogen-bond donors (Lipinski definition) is 3. The molecule has 3 aliphatic heterocycles. The van der Waals surface area contributed by atoms with Gasteiger partial charge in [-0.05, 0) is 100 Å². The fraction of sp³-hybridized carbons (Fsp3) is 0.564. The molecule has 0 aromatic heterocycles. The van der Waals surface area contributed by atoms with Gasteiger partial charge in [0.05, 0.1) is 48.1 Å². The molecule has 4 aliphatic rings. The van der Waals surface area contributed by atoms with E-state index in [0.29, 0.717) is 56.3 Å². The highest BCUT2D eigenvalue weighted by Gasteiger charge is 2.53. The molecule has 2 aromatic rings. The Kier molecular flexibility index (Phi) is 12.7. The molecule has 19 heteroatoms. The normalized spacial score (nSPS) is 26.1. The van der Waals surface area contributed by atoms with Crippen LogP contribution in [0.4, 0.5) is 37.7 Å². The first-order valence-electron chi connectivity index (χ1n) is 19.1. The predicted molar refractivity (Wildman–Crippen MR) is 203 cm³/mol. The summed E-state index contributed by atoms with van der Waals surface area (Å²) in [4.78, 5) is 44.3. The number of nitriles is 1. The third-order valence-corrected chi connectivity index (χ3v) is 11.8. The van der Waals surface area contributed by atoms with Crippen LogP contribution in [0.3, 0.4) is 0 Å². The number of carbonyl (C=O) groups excluding carboxylic acids is 3. The zero-order valence-electron chi connectivity index (χ0n) is 31.9. The van der Waals surface area contributed by atoms with Crippen molar-refractivity contribution in [3.63, 3.8) is 0 Å². The highest BCUT2D eigenvalue weighted by atomic mass is 32.1. The molecule has 1 saturated carbocycles. The Morgan fingerprint density at radius 1 is 1.02 bits per heavy atom. The van der Waals surface area contributed by atoms with Gasteiger partial charge in [0.15, 0.2) is 5.11 Å². The van der Waals surface area contributed by atoms with Crippen LogP contribution in [0, 0.1) is 11.3 Å². The Labute approximate surface area is 337 Å². The molecule has 4 fully saturated rings. The van der Waals surface area contributed by atoms with E-state index in [1.54, 1.807) is 47.9 Å². The van der Waals surface area contributed by atoms with Crippen molar-refractivity contribution in [3.05, 3.63) is 59.2 Å². The smallest absolute Gasteiger partial charge is 0.377 e. The first-order chi connectivity index (χ1) is 27.3. The lowest BCUT2D eigenvalue weighted by Gasteiger charge is -2.42. The molecule has 3 saturated heterocycles. The second-order valence-electron chi connectivity index (χ2n) is 15.6. The second kappa shape index (κ2) is 17.1. The van der Waals surface area contributed by atoms with E-state index in [1.807, 2.05) is 0 Å². The molecule has 0 spiro atoms. The predicted octanol–water partition coefficient (Wildman–Crippen LogP) is 5.12. The highest BCUT2D eigenvalue weighted by molar-refractivity contribution is 7.80. The summed E-state index contributed by atoms with van der Waals surface area (Å²) in [6.07, 6.45) is -7.36. The fourth-order valence-electron chi connectivity index (χ4n) is 8.35. The third kappa shape index (κ3) is 9.41. The van der Waals surface area contributed by atoms with Crippen molar-refractivity contribution < 1.29 is 50.6 Å². The van der Waals surface area contributed by atoms with E-state index in [-0.39, 0.29) is 55.1 Å². The van der Waals surface area contributed by atoms with Gasteiger partial charge in [0.2, 0.25) is 11.8 Å². The van der Waals surface area contributed by atoms with Gasteiger partial charge in [0, 0.05) is 37.9 Å². The minimum Gasteiger partial charge on any atom is -0.377 e. The van der Waals surface area contributed by atoms with E-state index in [2.05, 4.69) is 10.6 Å². The Hall–Kier alpha value is -4.35. The molecule has 0 bridgehead atoms. The minimum absolute atomic E-state index is 0.00550. The van der Waals surface area contributed by atoms with Gasteiger partial charge in [-0.1, -0.05) is 12.1 Å². The number of nitrogens with one attached hydrogen (secondary N) is 2. The van der Waals surface area contributed by atoms with Crippen molar-refractivity contribution in [2.24, 2.45) is 0 Å². The number of rotatable bonds is 10. The van der Waals surface area contributed by atoms with E-state index in [1.165, 1.54) is 12.1 Å². The van der Waals surface area contributed by atoms with Crippen molar-refractivity contribution in [1.82, 2.24) is 20.0 Å². The van der Waals surface area contributed by atoms with Crippen molar-refractivity contribution >= 4 is 46.4 Å². The van der Waals surface area contributed by atoms with Crippen LogP contribution in [0.1, 0.15) is 75.0 Å². The number of alkyl halides is 6. The van der Waals surface area contributed by atoms with E-state index in [4.69, 9.17) is 17.0 Å². The molecule has 0 radical (unpaired) electrons. The molecule has 2 aromatic carbocycles. The van der Waals surface area contributed by atoms with Gasteiger partial charge in [0.1, 0.15) is 17.8 Å². The summed E-state index contributed by atoms with van der Waals surface area (Å²) >= 11 is 5.67. The standard InChI is InChI=1S/C39H45F6N7O5S/c1-37(2)35(56)51(27-8-5-24(20-46)30(19-27)38(40,41)42)36(58)52(37)26-9-11-28(12-10-26)57-18-17-49-15-16-50(31(21-49)39(43,44)45)22-33(54)47-25-6-3-23(4-7-25)29-13-14-32(53)48-34(29)55/h3-8,19,26,28-29,31-32,53H,9-18,21-22H2,1-2H3,(H,47,54)(H,48,55)/t26-,28-,29?,31-,32?/m0/s1. The number of aliphatic hydroxyl groups excluding tert-OH is 1. The SMILES string of the molecule is CC1(C)C(=O)N(c2ccc(C#N)c(C(F)(F)F)c2)C(=S)N1[C@H]1CC[C@H](OCCN2CCN(CC(=O)Nc3ccc(C4CCC(O)NC4=O)cc3)[C@H](C(F)(F)F)C2)CC1. The number of hydrogen-bond acceptors (Lipinski definition) is 9. The van der Waals surface area contributed by atoms with Crippen LogP contribution in [0.25, 0.3) is 0 Å². The molecule has 314 valence electrons. The lowest BCUT2D eigenvalue weighted by atomic mass is 9.89. The summed E-state index contributed by atoms with van der Waals surface area (Å²) in [7, 11) is 0. The fourth-order valence-corrected chi connectivity index (χ4v) is 8.91. The number of anilines is 2. The Morgan fingerprint density at radius 3 is 2.33 bits per heavy atom. The van der Waals surface area contributed by atoms with Crippen LogP contribution in [-0.2, 0) is 25.3 Å². The van der Waals surface area contributed by atoms with Gasteiger partial charge < -0.3 is 25.4 Å². The Balaban J connectivity index is 0.969. The number of aliphatic hydroxyl groups is 1. The molecular weight excluding hydrogens is 793 g/mol. The van der Waals surface area contributed by atoms with Gasteiger partial charge >= 0.3 is 12.4 Å². The molecular formula is C39H45F6N7O5S. The minimum atomic E-state index is -4.81. The summed E-state index contributed by atoms with van der Waals surface area (Å²) < 4.78 is 90.0. The molecule has 1 aliphatic carbocycles. The van der Waals surface area contributed by atoms with Crippen molar-refractivity contribution in [3.8, 4) is 6.07 Å².